The molecule has 1 aliphatic carbocycles. The van der Waals surface area contributed by atoms with Crippen molar-refractivity contribution in [2.45, 2.75) is 19.9 Å². The number of rotatable bonds is 2. The van der Waals surface area contributed by atoms with Gasteiger partial charge in [0.25, 0.3) is 17.1 Å². The van der Waals surface area contributed by atoms with Crippen molar-refractivity contribution in [3.63, 3.8) is 0 Å². The number of Topliss-reactive ketones (excluding diaryl/α,β-unsaturated/α-hetero) is 2. The molecule has 26 heavy (non-hydrogen) atoms. The van der Waals surface area contributed by atoms with Gasteiger partial charge in [0.05, 0.1) is 11.1 Å². The van der Waals surface area contributed by atoms with E-state index in [-0.39, 0.29) is 33.8 Å². The minimum atomic E-state index is -0.908. The number of ketones is 2. The van der Waals surface area contributed by atoms with Crippen LogP contribution in [-0.2, 0) is 9.59 Å². The van der Waals surface area contributed by atoms with Gasteiger partial charge in [0.2, 0.25) is 0 Å². The van der Waals surface area contributed by atoms with Gasteiger partial charge in [0.15, 0.2) is 5.88 Å². The Kier molecular flexibility index (Phi) is 3.24. The highest BCUT2D eigenvalue weighted by atomic mass is 16.3. The predicted octanol–water partition coefficient (Wildman–Crippen LogP) is 0.732. The van der Waals surface area contributed by atoms with Crippen LogP contribution in [0.1, 0.15) is 19.4 Å². The highest BCUT2D eigenvalue weighted by Gasteiger charge is 2.33. The molecule has 4 rings (SSSR count). The van der Waals surface area contributed by atoms with E-state index in [4.69, 9.17) is 5.41 Å². The summed E-state index contributed by atoms with van der Waals surface area (Å²) in [5, 5.41) is 23.1. The van der Waals surface area contributed by atoms with Crippen molar-refractivity contribution in [3.05, 3.63) is 45.4 Å². The van der Waals surface area contributed by atoms with Crippen LogP contribution in [0, 0.1) is 5.41 Å². The Bertz CT molecular complexity index is 1270. The van der Waals surface area contributed by atoms with Crippen molar-refractivity contribution in [1.82, 2.24) is 10.3 Å². The average Bonchev–Trinajstić information content (AvgIpc) is 2.60. The number of carbonyl (C=O) groups excluding carboxylic acids is 2. The average molecular weight is 349 g/mol. The van der Waals surface area contributed by atoms with Gasteiger partial charge >= 0.3 is 0 Å². The Morgan fingerprint density at radius 1 is 1.12 bits per heavy atom. The second-order valence-electron chi connectivity index (χ2n) is 6.59. The number of aromatic nitrogens is 1. The predicted molar refractivity (Wildman–Crippen MR) is 97.5 cm³/mol. The quantitative estimate of drug-likeness (QED) is 0.508. The first-order chi connectivity index (χ1) is 12.3. The molecule has 0 aliphatic heterocycles. The molecular formula is C19H15N3O4. The van der Waals surface area contributed by atoms with Crippen molar-refractivity contribution < 1.29 is 14.7 Å². The number of hydrogen-bond donors (Lipinski definition) is 4. The Hall–Kier alpha value is -3.48. The van der Waals surface area contributed by atoms with E-state index in [9.17, 15) is 19.5 Å². The van der Waals surface area contributed by atoms with E-state index >= 15 is 0 Å². The maximum Gasteiger partial charge on any atom is 0.259 e. The van der Waals surface area contributed by atoms with Crippen molar-refractivity contribution in [3.8, 4) is 5.88 Å². The third-order valence-electron chi connectivity index (χ3n) is 4.49. The van der Waals surface area contributed by atoms with Crippen molar-refractivity contribution in [1.29, 1.82) is 5.41 Å². The molecule has 1 aromatic heterocycles. The molecule has 0 unspecified atom stereocenters. The molecule has 1 aliphatic rings. The van der Waals surface area contributed by atoms with E-state index < -0.39 is 22.8 Å². The fourth-order valence-electron chi connectivity index (χ4n) is 3.46. The van der Waals surface area contributed by atoms with Crippen LogP contribution in [0.25, 0.3) is 27.2 Å². The Morgan fingerprint density at radius 2 is 1.85 bits per heavy atom. The van der Waals surface area contributed by atoms with Gasteiger partial charge in [-0.15, -0.1) is 0 Å². The summed E-state index contributed by atoms with van der Waals surface area (Å²) in [6, 6.07) is 6.55. The fraction of sp³-hybridized carbons (Fsp3) is 0.158. The van der Waals surface area contributed by atoms with Gasteiger partial charge in [0, 0.05) is 27.6 Å². The summed E-state index contributed by atoms with van der Waals surface area (Å²) >= 11 is 0. The van der Waals surface area contributed by atoms with Gasteiger partial charge in [-0.05, 0) is 31.4 Å². The molecule has 7 nitrogen and oxygen atoms in total. The SMILES string of the molecule is CC(C)NC1=c2c(cc3cccc4c(O)[nH]c(=O)c2c34)C(=N)C(=O)C1=O. The number of nitrogens with one attached hydrogen (secondary N) is 3. The Morgan fingerprint density at radius 3 is 2.54 bits per heavy atom. The lowest BCUT2D eigenvalue weighted by Crippen LogP contribution is -2.45. The highest BCUT2D eigenvalue weighted by molar-refractivity contribution is 6.75. The number of carbonyl (C=O) groups is 2. The van der Waals surface area contributed by atoms with Crippen LogP contribution in [0.5, 0.6) is 5.88 Å². The van der Waals surface area contributed by atoms with Crippen LogP contribution < -0.4 is 16.1 Å². The lowest BCUT2D eigenvalue weighted by Gasteiger charge is -2.20. The maximum absolute atomic E-state index is 12.7. The largest absolute Gasteiger partial charge is 0.494 e. The molecule has 0 saturated carbocycles. The topological polar surface area (TPSA) is 123 Å². The normalized spacial score (nSPS) is 14.6. The number of hydrogen-bond acceptors (Lipinski definition) is 6. The molecule has 0 radical (unpaired) electrons. The van der Waals surface area contributed by atoms with Gasteiger partial charge in [-0.25, -0.2) is 0 Å². The zero-order chi connectivity index (χ0) is 18.7. The molecule has 0 fully saturated rings. The number of aromatic hydroxyl groups is 1. The molecule has 0 bridgehead atoms. The summed E-state index contributed by atoms with van der Waals surface area (Å²) in [6.07, 6.45) is 0. The summed E-state index contributed by atoms with van der Waals surface area (Å²) in [5.41, 5.74) is -0.774. The van der Waals surface area contributed by atoms with Crippen molar-refractivity contribution in [2.24, 2.45) is 0 Å². The molecule has 7 heteroatoms. The van der Waals surface area contributed by atoms with Gasteiger partial charge < -0.3 is 10.4 Å². The number of H-pyrrole nitrogens is 1. The first-order valence-electron chi connectivity index (χ1n) is 8.10. The van der Waals surface area contributed by atoms with Gasteiger partial charge in [-0.3, -0.25) is 24.8 Å². The number of fused-ring (bicyclic) bond motifs is 2. The third kappa shape index (κ3) is 2.00. The van der Waals surface area contributed by atoms with Gasteiger partial charge in [-0.1, -0.05) is 12.1 Å². The first-order valence-corrected chi connectivity index (χ1v) is 8.10. The van der Waals surface area contributed by atoms with Crippen LogP contribution in [0.3, 0.4) is 0 Å². The molecular weight excluding hydrogens is 334 g/mol. The van der Waals surface area contributed by atoms with E-state index in [1.165, 1.54) is 0 Å². The molecule has 3 aromatic rings. The molecule has 0 saturated heterocycles. The van der Waals surface area contributed by atoms with Crippen molar-refractivity contribution >= 4 is 44.5 Å². The third-order valence-corrected chi connectivity index (χ3v) is 4.49. The second-order valence-corrected chi connectivity index (χ2v) is 6.59. The fourth-order valence-corrected chi connectivity index (χ4v) is 3.46. The lowest BCUT2D eigenvalue weighted by atomic mass is 9.87. The summed E-state index contributed by atoms with van der Waals surface area (Å²) in [6.45, 7) is 3.62. The zero-order valence-electron chi connectivity index (χ0n) is 14.1. The van der Waals surface area contributed by atoms with E-state index in [0.717, 1.165) is 0 Å². The number of benzene rings is 2. The lowest BCUT2D eigenvalue weighted by molar-refractivity contribution is -0.129. The molecule has 2 aromatic carbocycles. The number of aromatic amines is 1. The minimum absolute atomic E-state index is 0.0132. The van der Waals surface area contributed by atoms with Gasteiger partial charge in [-0.2, -0.15) is 0 Å². The molecule has 0 atom stereocenters. The summed E-state index contributed by atoms with van der Waals surface area (Å²) in [5.74, 6) is -2.01. The molecule has 0 spiro atoms. The highest BCUT2D eigenvalue weighted by Crippen LogP contribution is 2.29. The Balaban J connectivity index is 2.38. The smallest absolute Gasteiger partial charge is 0.259 e. The minimum Gasteiger partial charge on any atom is -0.494 e. The zero-order valence-corrected chi connectivity index (χ0v) is 14.1. The standard InChI is InChI=1S/C19H15N3O4/c1-7(2)21-15-12-10(14(20)16(23)17(15)24)6-8-4-3-5-9-11(8)13(12)19(26)22-18(9)25/h3-7,20-21H,1-2H3,(H2,22,25,26). The van der Waals surface area contributed by atoms with Crippen LogP contribution in [0.15, 0.2) is 29.1 Å². The van der Waals surface area contributed by atoms with Crippen LogP contribution in [0.4, 0.5) is 0 Å². The first kappa shape index (κ1) is 16.0. The van der Waals surface area contributed by atoms with Crippen molar-refractivity contribution in [2.75, 3.05) is 0 Å². The van der Waals surface area contributed by atoms with Gasteiger partial charge in [0.1, 0.15) is 5.71 Å². The molecule has 0 amide bonds. The summed E-state index contributed by atoms with van der Waals surface area (Å²) < 4.78 is 0. The van der Waals surface area contributed by atoms with E-state index in [2.05, 4.69) is 10.3 Å². The molecule has 130 valence electrons. The molecule has 4 N–H and O–H groups in total. The maximum atomic E-state index is 12.7. The van der Waals surface area contributed by atoms with E-state index in [1.807, 2.05) is 13.8 Å². The summed E-state index contributed by atoms with van der Waals surface area (Å²) in [4.78, 5) is 39.9. The monoisotopic (exact) mass is 349 g/mol. The second kappa shape index (κ2) is 5.26. The molecule has 1 heterocycles. The van der Waals surface area contributed by atoms with E-state index in [0.29, 0.717) is 16.2 Å². The summed E-state index contributed by atoms with van der Waals surface area (Å²) in [7, 11) is 0. The van der Waals surface area contributed by atoms with Crippen LogP contribution >= 0.6 is 0 Å². The number of pyridine rings is 1. The van der Waals surface area contributed by atoms with Crippen LogP contribution in [-0.4, -0.2) is 33.4 Å². The van der Waals surface area contributed by atoms with Crippen LogP contribution in [0.2, 0.25) is 0 Å². The van der Waals surface area contributed by atoms with E-state index in [1.54, 1.807) is 24.3 Å². The Labute approximate surface area is 146 Å².